The summed E-state index contributed by atoms with van der Waals surface area (Å²) < 4.78 is 7.38. The van der Waals surface area contributed by atoms with Crippen molar-refractivity contribution < 1.29 is 14.3 Å². The summed E-state index contributed by atoms with van der Waals surface area (Å²) in [4.78, 5) is 27.5. The molecule has 1 aliphatic heterocycles. The van der Waals surface area contributed by atoms with Crippen molar-refractivity contribution in [1.29, 1.82) is 0 Å². The number of fused-ring (bicyclic) bond motifs is 1. The van der Waals surface area contributed by atoms with Gasteiger partial charge in [-0.3, -0.25) is 9.59 Å². The van der Waals surface area contributed by atoms with Gasteiger partial charge in [0.2, 0.25) is 0 Å². The van der Waals surface area contributed by atoms with Gasteiger partial charge in [0, 0.05) is 23.0 Å². The van der Waals surface area contributed by atoms with E-state index in [1.54, 1.807) is 11.8 Å². The van der Waals surface area contributed by atoms with Gasteiger partial charge in [-0.2, -0.15) is 5.10 Å². The number of benzene rings is 2. The second-order valence-corrected chi connectivity index (χ2v) is 8.10. The number of para-hydroxylation sites is 2. The van der Waals surface area contributed by atoms with Crippen LogP contribution in [0, 0.1) is 13.8 Å². The highest BCUT2D eigenvalue weighted by atomic mass is 16.5. The van der Waals surface area contributed by atoms with Crippen LogP contribution in [0.1, 0.15) is 36.4 Å². The number of carbonyl (C=O) groups excluding carboxylic acids is 2. The quantitative estimate of drug-likeness (QED) is 0.590. The molecule has 2 aromatic carbocycles. The molecule has 0 bridgehead atoms. The van der Waals surface area contributed by atoms with Crippen LogP contribution in [-0.2, 0) is 27.2 Å². The van der Waals surface area contributed by atoms with Gasteiger partial charge in [0.15, 0.2) is 6.10 Å². The molecule has 0 fully saturated rings. The average molecular weight is 418 g/mol. The minimum Gasteiger partial charge on any atom is -0.452 e. The van der Waals surface area contributed by atoms with Crippen LogP contribution in [0.3, 0.4) is 0 Å². The SMILES string of the molecule is Cc1nn(-c2ccccc2)c(C)c1CC(=O)O[C@H](C)C(=O)N1c2ccccc2C[C@@H]1C. The average Bonchev–Trinajstić information content (AvgIpc) is 3.24. The molecule has 1 aromatic heterocycles. The number of amides is 1. The Bertz CT molecular complexity index is 1120. The van der Waals surface area contributed by atoms with Gasteiger partial charge in [-0.05, 0) is 57.9 Å². The molecular weight excluding hydrogens is 390 g/mol. The number of carbonyl (C=O) groups is 2. The van der Waals surface area contributed by atoms with Crippen molar-refractivity contribution in [3.05, 3.63) is 77.1 Å². The molecule has 0 saturated heterocycles. The molecule has 0 saturated carbocycles. The van der Waals surface area contributed by atoms with Gasteiger partial charge in [0.05, 0.1) is 17.8 Å². The Morgan fingerprint density at radius 1 is 1.10 bits per heavy atom. The molecule has 31 heavy (non-hydrogen) atoms. The molecule has 0 N–H and O–H groups in total. The van der Waals surface area contributed by atoms with E-state index in [0.717, 1.165) is 40.3 Å². The molecular formula is C25H27N3O3. The number of aromatic nitrogens is 2. The van der Waals surface area contributed by atoms with E-state index in [0.29, 0.717) is 0 Å². The van der Waals surface area contributed by atoms with Crippen LogP contribution in [0.25, 0.3) is 5.69 Å². The molecule has 4 rings (SSSR count). The fourth-order valence-corrected chi connectivity index (χ4v) is 4.28. The number of hydrogen-bond acceptors (Lipinski definition) is 4. The van der Waals surface area contributed by atoms with Gasteiger partial charge in [-0.15, -0.1) is 0 Å². The van der Waals surface area contributed by atoms with Crippen LogP contribution < -0.4 is 4.90 Å². The van der Waals surface area contributed by atoms with Crippen molar-refractivity contribution in [3.63, 3.8) is 0 Å². The van der Waals surface area contributed by atoms with Crippen LogP contribution in [0.4, 0.5) is 5.69 Å². The zero-order chi connectivity index (χ0) is 22.1. The van der Waals surface area contributed by atoms with E-state index in [1.807, 2.05) is 80.1 Å². The van der Waals surface area contributed by atoms with E-state index >= 15 is 0 Å². The van der Waals surface area contributed by atoms with Crippen molar-refractivity contribution in [1.82, 2.24) is 9.78 Å². The smallest absolute Gasteiger partial charge is 0.311 e. The second kappa shape index (κ2) is 8.38. The predicted molar refractivity (Wildman–Crippen MR) is 119 cm³/mol. The standard InChI is InChI=1S/C25H27N3O3/c1-16-14-20-10-8-9-13-23(20)27(16)25(30)19(4)31-24(29)15-22-17(2)26-28(18(22)3)21-11-6-5-7-12-21/h5-13,16,19H,14-15H2,1-4H3/t16-,19+/m0/s1. The minimum atomic E-state index is -0.856. The summed E-state index contributed by atoms with van der Waals surface area (Å²) in [7, 11) is 0. The lowest BCUT2D eigenvalue weighted by Crippen LogP contribution is -2.43. The van der Waals surface area contributed by atoms with E-state index in [2.05, 4.69) is 5.10 Å². The topological polar surface area (TPSA) is 64.4 Å². The normalized spacial score (nSPS) is 16.1. The number of ether oxygens (including phenoxy) is 1. The van der Waals surface area contributed by atoms with Crippen LogP contribution >= 0.6 is 0 Å². The summed E-state index contributed by atoms with van der Waals surface area (Å²) in [6, 6.07) is 17.7. The first-order chi connectivity index (χ1) is 14.9. The third kappa shape index (κ3) is 3.98. The molecule has 1 aliphatic rings. The van der Waals surface area contributed by atoms with Crippen molar-refractivity contribution in [2.24, 2.45) is 0 Å². The molecule has 0 aliphatic carbocycles. The lowest BCUT2D eigenvalue weighted by molar-refractivity contribution is -0.153. The summed E-state index contributed by atoms with van der Waals surface area (Å²) >= 11 is 0. The Kier molecular flexibility index (Phi) is 5.63. The van der Waals surface area contributed by atoms with Crippen LogP contribution in [0.2, 0.25) is 0 Å². The highest BCUT2D eigenvalue weighted by molar-refractivity contribution is 5.99. The van der Waals surface area contributed by atoms with E-state index < -0.39 is 12.1 Å². The highest BCUT2D eigenvalue weighted by Crippen LogP contribution is 2.32. The maximum atomic E-state index is 13.1. The molecule has 0 radical (unpaired) electrons. The maximum absolute atomic E-state index is 13.1. The summed E-state index contributed by atoms with van der Waals surface area (Å²) in [5, 5.41) is 4.58. The van der Waals surface area contributed by atoms with Crippen molar-refractivity contribution in [2.75, 3.05) is 4.90 Å². The van der Waals surface area contributed by atoms with Crippen LogP contribution in [0.15, 0.2) is 54.6 Å². The fourth-order valence-electron chi connectivity index (χ4n) is 4.28. The first-order valence-corrected chi connectivity index (χ1v) is 10.6. The largest absolute Gasteiger partial charge is 0.452 e. The molecule has 1 amide bonds. The maximum Gasteiger partial charge on any atom is 0.311 e. The van der Waals surface area contributed by atoms with Gasteiger partial charge in [0.25, 0.3) is 5.91 Å². The van der Waals surface area contributed by atoms with Crippen molar-refractivity contribution in [3.8, 4) is 5.69 Å². The Labute approximate surface area is 182 Å². The number of hydrogen-bond donors (Lipinski definition) is 0. The van der Waals surface area contributed by atoms with Gasteiger partial charge in [-0.25, -0.2) is 4.68 Å². The zero-order valence-electron chi connectivity index (χ0n) is 18.3. The monoisotopic (exact) mass is 417 g/mol. The number of anilines is 1. The fraction of sp³-hybridized carbons (Fsp3) is 0.320. The van der Waals surface area contributed by atoms with Gasteiger partial charge in [0.1, 0.15) is 0 Å². The van der Waals surface area contributed by atoms with E-state index in [1.165, 1.54) is 0 Å². The molecule has 0 spiro atoms. The summed E-state index contributed by atoms with van der Waals surface area (Å²) in [5.41, 5.74) is 5.47. The molecule has 3 aromatic rings. The number of nitrogens with zero attached hydrogens (tertiary/aromatic N) is 3. The van der Waals surface area contributed by atoms with Gasteiger partial charge in [-0.1, -0.05) is 36.4 Å². The van der Waals surface area contributed by atoms with Crippen molar-refractivity contribution in [2.45, 2.75) is 52.7 Å². The Hall–Kier alpha value is -3.41. The first kappa shape index (κ1) is 20.8. The Balaban J connectivity index is 1.46. The molecule has 0 unspecified atom stereocenters. The number of esters is 1. The van der Waals surface area contributed by atoms with E-state index in [9.17, 15) is 9.59 Å². The summed E-state index contributed by atoms with van der Waals surface area (Å²) in [5.74, 6) is -0.626. The second-order valence-electron chi connectivity index (χ2n) is 8.10. The third-order valence-electron chi connectivity index (χ3n) is 5.86. The Morgan fingerprint density at radius 2 is 1.77 bits per heavy atom. The summed E-state index contributed by atoms with van der Waals surface area (Å²) in [6.45, 7) is 7.47. The Morgan fingerprint density at radius 3 is 2.52 bits per heavy atom. The molecule has 6 nitrogen and oxygen atoms in total. The molecule has 160 valence electrons. The van der Waals surface area contributed by atoms with Crippen molar-refractivity contribution >= 4 is 17.6 Å². The number of aryl methyl sites for hydroxylation is 1. The highest BCUT2D eigenvalue weighted by Gasteiger charge is 2.34. The van der Waals surface area contributed by atoms with E-state index in [-0.39, 0.29) is 18.4 Å². The zero-order valence-corrected chi connectivity index (χ0v) is 18.3. The molecule has 2 atom stereocenters. The lowest BCUT2D eigenvalue weighted by Gasteiger charge is -2.26. The summed E-state index contributed by atoms with van der Waals surface area (Å²) in [6.07, 6.45) is 0.0272. The van der Waals surface area contributed by atoms with Crippen LogP contribution in [-0.4, -0.2) is 33.8 Å². The predicted octanol–water partition coefficient (Wildman–Crippen LogP) is 3.94. The lowest BCUT2D eigenvalue weighted by atomic mass is 10.1. The number of rotatable bonds is 5. The minimum absolute atomic E-state index is 0.0413. The first-order valence-electron chi connectivity index (χ1n) is 10.6. The van der Waals surface area contributed by atoms with E-state index in [4.69, 9.17) is 4.74 Å². The third-order valence-corrected chi connectivity index (χ3v) is 5.86. The van der Waals surface area contributed by atoms with Crippen LogP contribution in [0.5, 0.6) is 0 Å². The molecule has 6 heteroatoms. The molecule has 2 heterocycles. The van der Waals surface area contributed by atoms with Gasteiger partial charge < -0.3 is 9.64 Å². The van der Waals surface area contributed by atoms with Gasteiger partial charge >= 0.3 is 5.97 Å².